The Balaban J connectivity index is 3.25. The van der Waals surface area contributed by atoms with Gasteiger partial charge in [0.2, 0.25) is 0 Å². The fourth-order valence-corrected chi connectivity index (χ4v) is 1.63. The highest BCUT2D eigenvalue weighted by Gasteiger charge is 2.37. The van der Waals surface area contributed by atoms with Gasteiger partial charge in [-0.2, -0.15) is 8.78 Å². The predicted molar refractivity (Wildman–Crippen MR) is 61.5 cm³/mol. The van der Waals surface area contributed by atoms with Gasteiger partial charge in [0.05, 0.1) is 7.11 Å². The molecular weight excluding hydrogens is 244 g/mol. The molecule has 1 aromatic rings. The first-order valence-corrected chi connectivity index (χ1v) is 5.27. The van der Waals surface area contributed by atoms with E-state index in [2.05, 4.69) is 14.8 Å². The van der Waals surface area contributed by atoms with Crippen molar-refractivity contribution in [3.8, 4) is 5.75 Å². The summed E-state index contributed by atoms with van der Waals surface area (Å²) in [7, 11) is 2.77. The summed E-state index contributed by atoms with van der Waals surface area (Å²) in [6.45, 7) is -1.42. The maximum Gasteiger partial charge on any atom is 0.387 e. The first-order valence-electron chi connectivity index (χ1n) is 5.27. The molecule has 1 unspecified atom stereocenters. The largest absolute Gasteiger partial charge is 0.467 e. The number of carbonyl (C=O) groups excluding carboxylic acids is 1. The molecule has 1 aromatic carbocycles. The van der Waals surface area contributed by atoms with Crippen LogP contribution in [0.4, 0.5) is 8.78 Å². The normalized spacial score (nSPS) is 14.1. The zero-order valence-electron chi connectivity index (χ0n) is 10.4. The van der Waals surface area contributed by atoms with Crippen LogP contribution in [0, 0.1) is 0 Å². The van der Waals surface area contributed by atoms with Crippen LogP contribution in [0.5, 0.6) is 5.75 Å². The van der Waals surface area contributed by atoms with Crippen LogP contribution < -0.4 is 10.1 Å². The third-order valence-electron chi connectivity index (χ3n) is 2.74. The van der Waals surface area contributed by atoms with Crippen LogP contribution in [-0.2, 0) is 15.1 Å². The zero-order chi connectivity index (χ0) is 13.8. The fraction of sp³-hybridized carbons (Fsp3) is 0.417. The number of hydrogen-bond acceptors (Lipinski definition) is 4. The van der Waals surface area contributed by atoms with E-state index >= 15 is 0 Å². The summed E-state index contributed by atoms with van der Waals surface area (Å²) in [5.41, 5.74) is -0.958. The number of benzene rings is 1. The van der Waals surface area contributed by atoms with E-state index in [1.165, 1.54) is 33.2 Å². The van der Waals surface area contributed by atoms with Gasteiger partial charge in [0.15, 0.2) is 0 Å². The van der Waals surface area contributed by atoms with Crippen LogP contribution >= 0.6 is 0 Å². The number of para-hydroxylation sites is 1. The maximum absolute atomic E-state index is 12.3. The lowest BCUT2D eigenvalue weighted by atomic mass is 9.91. The molecule has 0 saturated heterocycles. The van der Waals surface area contributed by atoms with Crippen LogP contribution in [0.1, 0.15) is 12.5 Å². The lowest BCUT2D eigenvalue weighted by Gasteiger charge is -2.28. The van der Waals surface area contributed by atoms with Gasteiger partial charge >= 0.3 is 12.6 Å². The van der Waals surface area contributed by atoms with E-state index in [0.29, 0.717) is 5.56 Å². The number of methoxy groups -OCH3 is 1. The number of alkyl halides is 2. The molecular formula is C12H15F2NO3. The van der Waals surface area contributed by atoms with Crippen LogP contribution in [0.2, 0.25) is 0 Å². The SMILES string of the molecule is CNC(C)(C(=O)OC)c1ccccc1OC(F)F. The highest BCUT2D eigenvalue weighted by atomic mass is 19.3. The summed E-state index contributed by atoms with van der Waals surface area (Å²) in [6.07, 6.45) is 0. The first kappa shape index (κ1) is 14.4. The maximum atomic E-state index is 12.3. The Morgan fingerprint density at radius 2 is 2.00 bits per heavy atom. The molecule has 0 aliphatic rings. The lowest BCUT2D eigenvalue weighted by Crippen LogP contribution is -2.45. The molecule has 0 aliphatic heterocycles. The number of carbonyl (C=O) groups is 1. The average Bonchev–Trinajstić information content (AvgIpc) is 2.36. The minimum atomic E-state index is -2.95. The molecule has 0 fully saturated rings. The molecule has 1 N–H and O–H groups in total. The number of hydrogen-bond donors (Lipinski definition) is 1. The molecule has 0 saturated carbocycles. The van der Waals surface area contributed by atoms with Gasteiger partial charge in [-0.05, 0) is 20.0 Å². The third-order valence-corrected chi connectivity index (χ3v) is 2.74. The lowest BCUT2D eigenvalue weighted by molar-refractivity contribution is -0.148. The third kappa shape index (κ3) is 2.76. The number of ether oxygens (including phenoxy) is 2. The van der Waals surface area contributed by atoms with Gasteiger partial charge in [0.1, 0.15) is 11.3 Å². The van der Waals surface area contributed by atoms with Gasteiger partial charge < -0.3 is 14.8 Å². The number of nitrogens with one attached hydrogen (secondary N) is 1. The Morgan fingerprint density at radius 1 is 1.39 bits per heavy atom. The van der Waals surface area contributed by atoms with Crippen molar-refractivity contribution < 1.29 is 23.0 Å². The first-order chi connectivity index (χ1) is 8.45. The molecule has 0 amide bonds. The van der Waals surface area contributed by atoms with E-state index in [9.17, 15) is 13.6 Å². The van der Waals surface area contributed by atoms with Gasteiger partial charge in [-0.15, -0.1) is 0 Å². The van der Waals surface area contributed by atoms with Crippen molar-refractivity contribution in [3.63, 3.8) is 0 Å². The molecule has 0 radical (unpaired) electrons. The summed E-state index contributed by atoms with van der Waals surface area (Å²) in [4.78, 5) is 11.8. The van der Waals surface area contributed by atoms with Crippen molar-refractivity contribution in [2.75, 3.05) is 14.2 Å². The number of rotatable bonds is 5. The Kier molecular flexibility index (Phi) is 4.61. The summed E-state index contributed by atoms with van der Waals surface area (Å²) in [5, 5.41) is 2.76. The van der Waals surface area contributed by atoms with Crippen molar-refractivity contribution in [2.24, 2.45) is 0 Å². The molecule has 0 aliphatic carbocycles. The van der Waals surface area contributed by atoms with E-state index in [-0.39, 0.29) is 5.75 Å². The molecule has 0 heterocycles. The highest BCUT2D eigenvalue weighted by Crippen LogP contribution is 2.31. The van der Waals surface area contributed by atoms with E-state index in [1.807, 2.05) is 0 Å². The molecule has 18 heavy (non-hydrogen) atoms. The Morgan fingerprint density at radius 3 is 2.50 bits per heavy atom. The summed E-state index contributed by atoms with van der Waals surface area (Å²) < 4.78 is 33.7. The zero-order valence-corrected chi connectivity index (χ0v) is 10.4. The minimum Gasteiger partial charge on any atom is -0.467 e. The smallest absolute Gasteiger partial charge is 0.387 e. The van der Waals surface area contributed by atoms with Gasteiger partial charge in [-0.25, -0.2) is 4.79 Å². The Bertz CT molecular complexity index is 426. The van der Waals surface area contributed by atoms with Gasteiger partial charge in [-0.1, -0.05) is 18.2 Å². The molecule has 0 bridgehead atoms. The second-order valence-corrected chi connectivity index (χ2v) is 3.74. The molecule has 4 nitrogen and oxygen atoms in total. The van der Waals surface area contributed by atoms with Crippen LogP contribution in [-0.4, -0.2) is 26.7 Å². The molecule has 6 heteroatoms. The van der Waals surface area contributed by atoms with Crippen molar-refractivity contribution in [1.29, 1.82) is 0 Å². The molecule has 1 atom stereocenters. The number of halogens is 2. The molecule has 0 aromatic heterocycles. The molecule has 0 spiro atoms. The van der Waals surface area contributed by atoms with Crippen LogP contribution in [0.15, 0.2) is 24.3 Å². The molecule has 1 rings (SSSR count). The van der Waals surface area contributed by atoms with Gasteiger partial charge in [0.25, 0.3) is 0 Å². The summed E-state index contributed by atoms with van der Waals surface area (Å²) in [6, 6.07) is 6.09. The second-order valence-electron chi connectivity index (χ2n) is 3.74. The van der Waals surface area contributed by atoms with E-state index < -0.39 is 18.1 Å². The highest BCUT2D eigenvalue weighted by molar-refractivity contribution is 5.83. The van der Waals surface area contributed by atoms with Crippen molar-refractivity contribution in [2.45, 2.75) is 19.1 Å². The van der Waals surface area contributed by atoms with Gasteiger partial charge in [-0.3, -0.25) is 0 Å². The van der Waals surface area contributed by atoms with Crippen LogP contribution in [0.25, 0.3) is 0 Å². The minimum absolute atomic E-state index is 0.0604. The monoisotopic (exact) mass is 259 g/mol. The van der Waals surface area contributed by atoms with Crippen LogP contribution in [0.3, 0.4) is 0 Å². The summed E-state index contributed by atoms with van der Waals surface area (Å²) >= 11 is 0. The number of likely N-dealkylation sites (N-methyl/N-ethyl adjacent to an activating group) is 1. The topological polar surface area (TPSA) is 47.6 Å². The van der Waals surface area contributed by atoms with Crippen molar-refractivity contribution >= 4 is 5.97 Å². The van der Waals surface area contributed by atoms with Gasteiger partial charge in [0, 0.05) is 5.56 Å². The average molecular weight is 259 g/mol. The second kappa shape index (κ2) is 5.77. The van der Waals surface area contributed by atoms with E-state index in [0.717, 1.165) is 0 Å². The molecule has 100 valence electrons. The predicted octanol–water partition coefficient (Wildman–Crippen LogP) is 1.90. The van der Waals surface area contributed by atoms with Crippen molar-refractivity contribution in [3.05, 3.63) is 29.8 Å². The van der Waals surface area contributed by atoms with E-state index in [1.54, 1.807) is 12.1 Å². The Labute approximate surface area is 104 Å². The number of esters is 1. The van der Waals surface area contributed by atoms with E-state index in [4.69, 9.17) is 0 Å². The quantitative estimate of drug-likeness (QED) is 0.820. The fourth-order valence-electron chi connectivity index (χ4n) is 1.63. The standard InChI is InChI=1S/C12H15F2NO3/c1-12(15-2,10(16)17-3)8-6-4-5-7-9(8)18-11(13)14/h4-7,11,15H,1-3H3. The summed E-state index contributed by atoms with van der Waals surface area (Å²) in [5.74, 6) is -0.648. The Hall–Kier alpha value is -1.69. The van der Waals surface area contributed by atoms with Crippen molar-refractivity contribution in [1.82, 2.24) is 5.32 Å².